The topological polar surface area (TPSA) is 122 Å². The molecule has 1 fully saturated rings. The third-order valence-electron chi connectivity index (χ3n) is 5.75. The Morgan fingerprint density at radius 2 is 0.879 bits per heavy atom. The molecule has 0 saturated heterocycles. The van der Waals surface area contributed by atoms with E-state index in [1.165, 1.54) is 77.0 Å². The van der Waals surface area contributed by atoms with E-state index in [1.54, 1.807) is 0 Å². The first-order valence-electron chi connectivity index (χ1n) is 13.2. The Labute approximate surface area is 218 Å². The number of aliphatic carboxylic acids is 2. The Bertz CT molecular complexity index is 387. The van der Waals surface area contributed by atoms with Crippen LogP contribution in [0.15, 0.2) is 0 Å². The van der Waals surface area contributed by atoms with Gasteiger partial charge in [0.25, 0.3) is 0 Å². The van der Waals surface area contributed by atoms with Crippen molar-refractivity contribution in [1.29, 1.82) is 0 Å². The number of nitrogens with one attached hydrogen (secondary N) is 2. The van der Waals surface area contributed by atoms with Gasteiger partial charge in [0.2, 0.25) is 0 Å². The number of carboxylic acids is 2. The van der Waals surface area contributed by atoms with E-state index in [9.17, 15) is 9.59 Å². The molecule has 0 radical (unpaired) electrons. The summed E-state index contributed by atoms with van der Waals surface area (Å²) in [7, 11) is 0. The fourth-order valence-electron chi connectivity index (χ4n) is 3.60. The van der Waals surface area contributed by atoms with Gasteiger partial charge in [-0.1, -0.05) is 117 Å². The molecule has 1 aliphatic rings. The largest absolute Gasteiger partial charge is 2.00 e. The zero-order valence-electron chi connectivity index (χ0n) is 21.3. The Hall–Kier alpha value is -0.452. The molecule has 0 bridgehead atoms. The van der Waals surface area contributed by atoms with Crippen LogP contribution >= 0.6 is 0 Å². The van der Waals surface area contributed by atoms with Crippen LogP contribution < -0.4 is 0 Å². The van der Waals surface area contributed by atoms with Gasteiger partial charge in [0.05, 0.1) is 0 Å². The van der Waals surface area contributed by atoms with Gasteiger partial charge in [-0.3, -0.25) is 9.59 Å². The second kappa shape index (κ2) is 29.6. The van der Waals surface area contributed by atoms with Crippen molar-refractivity contribution >= 4 is 11.9 Å². The molecule has 7 heteroatoms. The standard InChI is InChI=1S/2C10H20O2.C6H12N2.Pt/c2*1-2-3-4-5-6-7-8-9-10(11)12;7-5-3-1-2-4-6(5)8;/h2*2-9H2,1H3,(H,11,12);5-8H,1-4H2;/q;;-2;+2. The van der Waals surface area contributed by atoms with E-state index < -0.39 is 11.9 Å². The van der Waals surface area contributed by atoms with Gasteiger partial charge < -0.3 is 21.7 Å². The molecule has 2 atom stereocenters. The van der Waals surface area contributed by atoms with Gasteiger partial charge in [-0.2, -0.15) is 12.1 Å². The molecule has 200 valence electrons. The first-order chi connectivity index (χ1) is 15.3. The predicted octanol–water partition coefficient (Wildman–Crippen LogP) is 8.82. The van der Waals surface area contributed by atoms with Crippen molar-refractivity contribution in [2.75, 3.05) is 0 Å². The molecule has 1 aliphatic carbocycles. The van der Waals surface area contributed by atoms with Crippen molar-refractivity contribution in [2.45, 2.75) is 154 Å². The molecule has 0 aromatic rings. The van der Waals surface area contributed by atoms with Gasteiger partial charge >= 0.3 is 33.0 Å². The zero-order valence-corrected chi connectivity index (χ0v) is 23.6. The van der Waals surface area contributed by atoms with E-state index in [1.807, 2.05) is 0 Å². The van der Waals surface area contributed by atoms with Crippen LogP contribution in [0.5, 0.6) is 0 Å². The third-order valence-corrected chi connectivity index (χ3v) is 5.75. The summed E-state index contributed by atoms with van der Waals surface area (Å²) < 4.78 is 0. The maximum absolute atomic E-state index is 10.1. The van der Waals surface area contributed by atoms with E-state index in [0.717, 1.165) is 38.5 Å². The molecule has 0 aliphatic heterocycles. The molecule has 0 aromatic heterocycles. The smallest absolute Gasteiger partial charge is 0.676 e. The van der Waals surface area contributed by atoms with Crippen molar-refractivity contribution in [3.63, 3.8) is 0 Å². The van der Waals surface area contributed by atoms with E-state index in [-0.39, 0.29) is 33.1 Å². The molecule has 1 rings (SSSR count). The molecule has 0 aromatic carbocycles. The Morgan fingerprint density at radius 3 is 1.12 bits per heavy atom. The minimum absolute atomic E-state index is 0. The fraction of sp³-hybridized carbons (Fsp3) is 0.923. The summed E-state index contributed by atoms with van der Waals surface area (Å²) in [4.78, 5) is 20.3. The van der Waals surface area contributed by atoms with Gasteiger partial charge in [-0.15, -0.1) is 0 Å². The Kier molecular flexibility index (Phi) is 33.3. The summed E-state index contributed by atoms with van der Waals surface area (Å²) in [5.74, 6) is -1.33. The maximum Gasteiger partial charge on any atom is 2.00 e. The summed E-state index contributed by atoms with van der Waals surface area (Å²) in [5, 5.41) is 16.7. The molecule has 2 unspecified atom stereocenters. The molecule has 0 heterocycles. The summed E-state index contributed by atoms with van der Waals surface area (Å²) >= 11 is 0. The second-order valence-corrected chi connectivity index (χ2v) is 9.03. The molecule has 4 N–H and O–H groups in total. The summed E-state index contributed by atoms with van der Waals surface area (Å²) in [6.45, 7) is 4.40. The minimum atomic E-state index is -0.663. The van der Waals surface area contributed by atoms with Crippen LogP contribution in [0.4, 0.5) is 0 Å². The van der Waals surface area contributed by atoms with Crippen LogP contribution in [-0.4, -0.2) is 34.2 Å². The van der Waals surface area contributed by atoms with Crippen LogP contribution in [0.3, 0.4) is 0 Å². The van der Waals surface area contributed by atoms with Crippen molar-refractivity contribution in [3.05, 3.63) is 11.5 Å². The van der Waals surface area contributed by atoms with Gasteiger partial charge in [-0.05, 0) is 12.8 Å². The Morgan fingerprint density at radius 1 is 0.606 bits per heavy atom. The van der Waals surface area contributed by atoms with Gasteiger partial charge in [0, 0.05) is 12.8 Å². The van der Waals surface area contributed by atoms with Gasteiger partial charge in [0.15, 0.2) is 0 Å². The quantitative estimate of drug-likeness (QED) is 0.162. The number of carbonyl (C=O) groups is 2. The number of unbranched alkanes of at least 4 members (excludes halogenated alkanes) is 12. The predicted molar refractivity (Wildman–Crippen MR) is 135 cm³/mol. The maximum atomic E-state index is 10.1. The van der Waals surface area contributed by atoms with Crippen molar-refractivity contribution < 1.29 is 40.9 Å². The minimum Gasteiger partial charge on any atom is -0.676 e. The Balaban J connectivity index is -0.000000410. The van der Waals surface area contributed by atoms with E-state index in [0.29, 0.717) is 12.8 Å². The molecule has 6 nitrogen and oxygen atoms in total. The fourth-order valence-corrected chi connectivity index (χ4v) is 3.60. The van der Waals surface area contributed by atoms with Crippen molar-refractivity contribution in [2.24, 2.45) is 0 Å². The third kappa shape index (κ3) is 33.8. The molecule has 0 amide bonds. The van der Waals surface area contributed by atoms with Gasteiger partial charge in [-0.25, -0.2) is 0 Å². The monoisotopic (exact) mass is 651 g/mol. The van der Waals surface area contributed by atoms with Crippen LogP contribution in [0.25, 0.3) is 11.5 Å². The summed E-state index contributed by atoms with van der Waals surface area (Å²) in [6.07, 6.45) is 21.5. The average molecular weight is 652 g/mol. The van der Waals surface area contributed by atoms with E-state index in [4.69, 9.17) is 21.7 Å². The van der Waals surface area contributed by atoms with Crippen LogP contribution in [0, 0.1) is 0 Å². The number of carboxylic acid groups (broad SMARTS) is 2. The molecule has 0 spiro atoms. The summed E-state index contributed by atoms with van der Waals surface area (Å²) in [6, 6.07) is -0.160. The number of rotatable bonds is 16. The first-order valence-corrected chi connectivity index (χ1v) is 13.2. The molecule has 33 heavy (non-hydrogen) atoms. The molecular formula is C26H52N2O4Pt. The second-order valence-electron chi connectivity index (χ2n) is 9.03. The first kappa shape index (κ1) is 37.1. The number of hydrogen-bond donors (Lipinski definition) is 2. The average Bonchev–Trinajstić information content (AvgIpc) is 2.75. The van der Waals surface area contributed by atoms with Crippen molar-refractivity contribution in [1.82, 2.24) is 0 Å². The van der Waals surface area contributed by atoms with E-state index >= 15 is 0 Å². The molecule has 1 saturated carbocycles. The van der Waals surface area contributed by atoms with Crippen LogP contribution in [0.1, 0.15) is 142 Å². The normalized spacial score (nSPS) is 17.0. The zero-order chi connectivity index (χ0) is 24.5. The van der Waals surface area contributed by atoms with E-state index in [2.05, 4.69) is 13.8 Å². The number of hydrogen-bond acceptors (Lipinski definition) is 2. The summed E-state index contributed by atoms with van der Waals surface area (Å²) in [5.41, 5.74) is 14.6. The van der Waals surface area contributed by atoms with Crippen LogP contribution in [0.2, 0.25) is 0 Å². The van der Waals surface area contributed by atoms with Crippen LogP contribution in [-0.2, 0) is 30.7 Å². The SMILES string of the molecule is CCCCCCCCCC(=O)O.CCCCCCCCCC(=O)O.[NH-]C1CCCCC1[NH-].[Pt+2]. The van der Waals surface area contributed by atoms with Crippen molar-refractivity contribution in [3.8, 4) is 0 Å². The van der Waals surface area contributed by atoms with Gasteiger partial charge in [0.1, 0.15) is 0 Å². The molecular weight excluding hydrogens is 599 g/mol.